The maximum absolute atomic E-state index is 12.9. The van der Waals surface area contributed by atoms with Crippen molar-refractivity contribution in [1.82, 2.24) is 5.32 Å². The predicted molar refractivity (Wildman–Crippen MR) is 69.8 cm³/mol. The van der Waals surface area contributed by atoms with Gasteiger partial charge in [0.05, 0.1) is 10.6 Å². The van der Waals surface area contributed by atoms with Gasteiger partial charge in [0.25, 0.3) is 5.91 Å². The first-order chi connectivity index (χ1) is 8.71. The number of carboxylic acid groups (broad SMARTS) is 1. The molecule has 4 nitrogen and oxygen atoms in total. The molecule has 6 heteroatoms. The van der Waals surface area contributed by atoms with Crippen LogP contribution in [0, 0.1) is 5.82 Å². The standard InChI is InChI=1S/C13H15ClFNO3/c1-13(2,6-5-11(17)18)16-12(19)9-4-3-8(15)7-10(9)14/h3-4,7H,5-6H2,1-2H3,(H,16,19)(H,17,18). The summed E-state index contributed by atoms with van der Waals surface area (Å²) in [5.74, 6) is -1.91. The summed E-state index contributed by atoms with van der Waals surface area (Å²) < 4.78 is 12.9. The highest BCUT2D eigenvalue weighted by atomic mass is 35.5. The van der Waals surface area contributed by atoms with Crippen molar-refractivity contribution in [2.75, 3.05) is 0 Å². The van der Waals surface area contributed by atoms with E-state index in [0.717, 1.165) is 12.1 Å². The van der Waals surface area contributed by atoms with E-state index in [1.165, 1.54) is 6.07 Å². The zero-order chi connectivity index (χ0) is 14.6. The number of carbonyl (C=O) groups excluding carboxylic acids is 1. The van der Waals surface area contributed by atoms with Gasteiger partial charge < -0.3 is 10.4 Å². The van der Waals surface area contributed by atoms with Gasteiger partial charge in [-0.3, -0.25) is 9.59 Å². The summed E-state index contributed by atoms with van der Waals surface area (Å²) in [5.41, 5.74) is -0.529. The van der Waals surface area contributed by atoms with Gasteiger partial charge in [-0.25, -0.2) is 4.39 Å². The van der Waals surface area contributed by atoms with Gasteiger partial charge in [-0.05, 0) is 38.5 Å². The van der Waals surface area contributed by atoms with Crippen LogP contribution in [0.3, 0.4) is 0 Å². The number of amides is 1. The summed E-state index contributed by atoms with van der Waals surface area (Å²) in [6, 6.07) is 3.49. The number of nitrogens with one attached hydrogen (secondary N) is 1. The molecule has 0 saturated carbocycles. The second-order valence-electron chi connectivity index (χ2n) is 4.86. The number of aliphatic carboxylic acids is 1. The SMILES string of the molecule is CC(C)(CCC(=O)O)NC(=O)c1ccc(F)cc1Cl. The number of halogens is 2. The van der Waals surface area contributed by atoms with Crippen molar-refractivity contribution in [1.29, 1.82) is 0 Å². The average Bonchev–Trinajstić information content (AvgIpc) is 2.25. The summed E-state index contributed by atoms with van der Waals surface area (Å²) in [7, 11) is 0. The molecule has 0 aromatic heterocycles. The van der Waals surface area contributed by atoms with Crippen molar-refractivity contribution in [3.05, 3.63) is 34.6 Å². The Labute approximate surface area is 115 Å². The topological polar surface area (TPSA) is 66.4 Å². The molecule has 0 aliphatic carbocycles. The quantitative estimate of drug-likeness (QED) is 0.875. The van der Waals surface area contributed by atoms with E-state index in [1.54, 1.807) is 13.8 Å². The Bertz CT molecular complexity index is 503. The first-order valence-corrected chi connectivity index (χ1v) is 6.08. The van der Waals surface area contributed by atoms with Crippen molar-refractivity contribution in [3.63, 3.8) is 0 Å². The highest BCUT2D eigenvalue weighted by molar-refractivity contribution is 6.33. The van der Waals surface area contributed by atoms with Gasteiger partial charge >= 0.3 is 5.97 Å². The lowest BCUT2D eigenvalue weighted by atomic mass is 9.97. The van der Waals surface area contributed by atoms with Crippen molar-refractivity contribution in [2.24, 2.45) is 0 Å². The Morgan fingerprint density at radius 3 is 2.58 bits per heavy atom. The van der Waals surface area contributed by atoms with Crippen LogP contribution in [0.15, 0.2) is 18.2 Å². The molecule has 0 fully saturated rings. The smallest absolute Gasteiger partial charge is 0.303 e. The lowest BCUT2D eigenvalue weighted by Crippen LogP contribution is -2.43. The van der Waals surface area contributed by atoms with Crippen LogP contribution < -0.4 is 5.32 Å². The minimum absolute atomic E-state index is 0.0199. The predicted octanol–water partition coefficient (Wildman–Crippen LogP) is 2.85. The third kappa shape index (κ3) is 4.87. The Hall–Kier alpha value is -1.62. The minimum Gasteiger partial charge on any atom is -0.481 e. The number of benzene rings is 1. The van der Waals surface area contributed by atoms with Crippen LogP contribution in [0.5, 0.6) is 0 Å². The van der Waals surface area contributed by atoms with E-state index in [0.29, 0.717) is 0 Å². The highest BCUT2D eigenvalue weighted by Gasteiger charge is 2.23. The Morgan fingerprint density at radius 1 is 1.42 bits per heavy atom. The van der Waals surface area contributed by atoms with Crippen LogP contribution in [-0.2, 0) is 4.79 Å². The monoisotopic (exact) mass is 287 g/mol. The van der Waals surface area contributed by atoms with E-state index in [9.17, 15) is 14.0 Å². The largest absolute Gasteiger partial charge is 0.481 e. The summed E-state index contributed by atoms with van der Waals surface area (Å²) in [4.78, 5) is 22.5. The third-order valence-electron chi connectivity index (χ3n) is 2.59. The lowest BCUT2D eigenvalue weighted by Gasteiger charge is -2.25. The minimum atomic E-state index is -0.929. The van der Waals surface area contributed by atoms with Crippen LogP contribution >= 0.6 is 11.6 Å². The number of hydrogen-bond acceptors (Lipinski definition) is 2. The van der Waals surface area contributed by atoms with Crippen LogP contribution in [0.25, 0.3) is 0 Å². The molecular weight excluding hydrogens is 273 g/mol. The lowest BCUT2D eigenvalue weighted by molar-refractivity contribution is -0.137. The van der Waals surface area contributed by atoms with Crippen LogP contribution in [0.4, 0.5) is 4.39 Å². The van der Waals surface area contributed by atoms with Gasteiger partial charge in [-0.15, -0.1) is 0 Å². The number of carbonyl (C=O) groups is 2. The van der Waals surface area contributed by atoms with E-state index in [1.807, 2.05) is 0 Å². The molecule has 2 N–H and O–H groups in total. The maximum atomic E-state index is 12.9. The second-order valence-corrected chi connectivity index (χ2v) is 5.26. The van der Waals surface area contributed by atoms with Gasteiger partial charge in [0.2, 0.25) is 0 Å². The molecule has 0 spiro atoms. The Balaban J connectivity index is 2.75. The first kappa shape index (κ1) is 15.4. The molecule has 0 bridgehead atoms. The van der Waals surface area contributed by atoms with Crippen LogP contribution in [0.1, 0.15) is 37.0 Å². The number of rotatable bonds is 5. The van der Waals surface area contributed by atoms with Crippen molar-refractivity contribution in [2.45, 2.75) is 32.2 Å². The van der Waals surface area contributed by atoms with E-state index in [2.05, 4.69) is 5.32 Å². The van der Waals surface area contributed by atoms with Gasteiger partial charge in [0.1, 0.15) is 5.82 Å². The van der Waals surface area contributed by atoms with E-state index >= 15 is 0 Å². The fourth-order valence-electron chi connectivity index (χ4n) is 1.53. The van der Waals surface area contributed by atoms with E-state index in [4.69, 9.17) is 16.7 Å². The molecule has 104 valence electrons. The van der Waals surface area contributed by atoms with Crippen molar-refractivity contribution >= 4 is 23.5 Å². The first-order valence-electron chi connectivity index (χ1n) is 5.70. The summed E-state index contributed by atoms with van der Waals surface area (Å²) in [6.45, 7) is 3.43. The summed E-state index contributed by atoms with van der Waals surface area (Å²) in [5, 5.41) is 11.3. The normalized spacial score (nSPS) is 11.2. The molecule has 1 amide bonds. The van der Waals surface area contributed by atoms with Crippen molar-refractivity contribution < 1.29 is 19.1 Å². The van der Waals surface area contributed by atoms with Gasteiger partial charge in [-0.1, -0.05) is 11.6 Å². The molecule has 0 heterocycles. The van der Waals surface area contributed by atoms with Gasteiger partial charge in [0, 0.05) is 12.0 Å². The Kier molecular flexibility index (Phi) is 4.89. The number of hydrogen-bond donors (Lipinski definition) is 2. The Morgan fingerprint density at radius 2 is 2.05 bits per heavy atom. The molecule has 0 aliphatic rings. The highest BCUT2D eigenvalue weighted by Crippen LogP contribution is 2.19. The fourth-order valence-corrected chi connectivity index (χ4v) is 1.78. The molecule has 1 aromatic carbocycles. The summed E-state index contributed by atoms with van der Waals surface area (Å²) >= 11 is 5.79. The molecule has 0 saturated heterocycles. The molecular formula is C13H15ClFNO3. The molecule has 0 aliphatic heterocycles. The molecule has 1 rings (SSSR count). The van der Waals surface area contributed by atoms with Crippen LogP contribution in [-0.4, -0.2) is 22.5 Å². The number of carboxylic acids is 1. The average molecular weight is 288 g/mol. The molecule has 0 unspecified atom stereocenters. The third-order valence-corrected chi connectivity index (χ3v) is 2.90. The molecule has 0 atom stereocenters. The zero-order valence-corrected chi connectivity index (χ0v) is 11.4. The second kappa shape index (κ2) is 6.02. The fraction of sp³-hybridized carbons (Fsp3) is 0.385. The summed E-state index contributed by atoms with van der Waals surface area (Å²) in [6.07, 6.45) is 0.233. The molecule has 1 aromatic rings. The zero-order valence-electron chi connectivity index (χ0n) is 10.7. The molecule has 19 heavy (non-hydrogen) atoms. The maximum Gasteiger partial charge on any atom is 0.303 e. The van der Waals surface area contributed by atoms with Gasteiger partial charge in [0.15, 0.2) is 0 Å². The van der Waals surface area contributed by atoms with Crippen LogP contribution in [0.2, 0.25) is 5.02 Å². The van der Waals surface area contributed by atoms with Crippen molar-refractivity contribution in [3.8, 4) is 0 Å². The van der Waals surface area contributed by atoms with E-state index < -0.39 is 23.2 Å². The van der Waals surface area contributed by atoms with Gasteiger partial charge in [-0.2, -0.15) is 0 Å². The molecule has 0 radical (unpaired) electrons. The van der Waals surface area contributed by atoms with E-state index in [-0.39, 0.29) is 23.4 Å².